The first-order valence-corrected chi connectivity index (χ1v) is 8.11. The molecule has 0 saturated carbocycles. The van der Waals surface area contributed by atoms with Crippen molar-refractivity contribution in [2.45, 2.75) is 52.6 Å². The molecule has 2 aromatic rings. The molecule has 23 heavy (non-hydrogen) atoms. The fourth-order valence-corrected chi connectivity index (χ4v) is 3.74. The van der Waals surface area contributed by atoms with Crippen LogP contribution in [0.15, 0.2) is 36.4 Å². The zero-order valence-corrected chi connectivity index (χ0v) is 14.6. The summed E-state index contributed by atoms with van der Waals surface area (Å²) in [5.74, 6) is -0.143. The number of aryl methyl sites for hydroxylation is 2. The van der Waals surface area contributed by atoms with E-state index in [0.29, 0.717) is 5.57 Å². The van der Waals surface area contributed by atoms with Crippen LogP contribution in [0.1, 0.15) is 48.9 Å². The summed E-state index contributed by atoms with van der Waals surface area (Å²) in [5.41, 5.74) is 5.07. The first-order valence-electron chi connectivity index (χ1n) is 8.11. The molecule has 0 aliphatic heterocycles. The lowest BCUT2D eigenvalue weighted by molar-refractivity contribution is -0.153. The minimum atomic E-state index is -0.566. The monoisotopic (exact) mass is 308 g/mol. The summed E-state index contributed by atoms with van der Waals surface area (Å²) in [6.45, 7) is 13.7. The van der Waals surface area contributed by atoms with Crippen molar-refractivity contribution in [1.29, 1.82) is 0 Å². The smallest absolute Gasteiger partial charge is 0.333 e. The van der Waals surface area contributed by atoms with Crippen LogP contribution < -0.4 is 0 Å². The van der Waals surface area contributed by atoms with E-state index in [1.54, 1.807) is 6.92 Å². The van der Waals surface area contributed by atoms with Gasteiger partial charge in [0.15, 0.2) is 0 Å². The van der Waals surface area contributed by atoms with Crippen molar-refractivity contribution in [3.8, 4) is 0 Å². The molecule has 0 fully saturated rings. The van der Waals surface area contributed by atoms with Crippen molar-refractivity contribution < 1.29 is 9.53 Å². The van der Waals surface area contributed by atoms with Gasteiger partial charge < -0.3 is 4.74 Å². The number of esters is 1. The van der Waals surface area contributed by atoms with Crippen molar-refractivity contribution in [3.63, 3.8) is 0 Å². The normalized spacial score (nSPS) is 16.7. The quantitative estimate of drug-likeness (QED) is 0.589. The maximum atomic E-state index is 12.0. The van der Waals surface area contributed by atoms with E-state index < -0.39 is 5.60 Å². The van der Waals surface area contributed by atoms with E-state index in [9.17, 15) is 4.79 Å². The van der Waals surface area contributed by atoms with Gasteiger partial charge in [0, 0.05) is 11.5 Å². The minimum absolute atomic E-state index is 0.171. The number of carbonyl (C=O) groups is 1. The summed E-state index contributed by atoms with van der Waals surface area (Å²) < 4.78 is 5.78. The summed E-state index contributed by atoms with van der Waals surface area (Å²) in [6.07, 6.45) is 0.910. The van der Waals surface area contributed by atoms with Crippen molar-refractivity contribution >= 4 is 16.7 Å². The van der Waals surface area contributed by atoms with Crippen LogP contribution in [-0.4, -0.2) is 11.6 Å². The molecule has 0 aromatic heterocycles. The lowest BCUT2D eigenvalue weighted by Crippen LogP contribution is -2.35. The maximum Gasteiger partial charge on any atom is 0.333 e. The van der Waals surface area contributed by atoms with Crippen LogP contribution in [0.3, 0.4) is 0 Å². The molecule has 0 heterocycles. The van der Waals surface area contributed by atoms with Gasteiger partial charge in [0.1, 0.15) is 5.60 Å². The molecule has 1 unspecified atom stereocenters. The molecule has 2 nitrogen and oxygen atoms in total. The van der Waals surface area contributed by atoms with Gasteiger partial charge in [0.2, 0.25) is 0 Å². The first kappa shape index (κ1) is 15.8. The molecule has 0 amide bonds. The van der Waals surface area contributed by atoms with Gasteiger partial charge in [-0.25, -0.2) is 4.79 Å². The van der Waals surface area contributed by atoms with Gasteiger partial charge >= 0.3 is 5.97 Å². The van der Waals surface area contributed by atoms with E-state index in [1.807, 2.05) is 13.8 Å². The molecule has 3 rings (SSSR count). The molecule has 1 atom stereocenters. The molecule has 0 spiro atoms. The maximum absolute atomic E-state index is 12.0. The molecule has 2 heteroatoms. The molecule has 1 aliphatic rings. The van der Waals surface area contributed by atoms with Crippen LogP contribution in [0.4, 0.5) is 0 Å². The molecular formula is C21H24O2. The number of hydrogen-bond donors (Lipinski definition) is 0. The van der Waals surface area contributed by atoms with Gasteiger partial charge in [-0.2, -0.15) is 0 Å². The Labute approximate surface area is 138 Å². The van der Waals surface area contributed by atoms with Crippen molar-refractivity contribution in [1.82, 2.24) is 0 Å². The highest BCUT2D eigenvalue weighted by atomic mass is 16.6. The number of ether oxygens (including phenoxy) is 1. The second kappa shape index (κ2) is 5.23. The fraction of sp³-hybridized carbons (Fsp3) is 0.381. The molecule has 0 N–H and O–H groups in total. The SMILES string of the molecule is C=C(C)C(=O)OC(C)(C)C1Cc2cc(C)cc3cc(C)cc1c23. The second-order valence-electron chi connectivity index (χ2n) is 7.41. The fourth-order valence-electron chi connectivity index (χ4n) is 3.74. The molecule has 0 bridgehead atoms. The summed E-state index contributed by atoms with van der Waals surface area (Å²) in [5, 5.41) is 2.63. The van der Waals surface area contributed by atoms with Crippen molar-refractivity contribution in [3.05, 3.63) is 58.7 Å². The third-order valence-corrected chi connectivity index (χ3v) is 4.79. The Bertz CT molecular complexity index is 822. The highest BCUT2D eigenvalue weighted by molar-refractivity contribution is 5.93. The highest BCUT2D eigenvalue weighted by Crippen LogP contribution is 2.46. The lowest BCUT2D eigenvalue weighted by Gasteiger charge is -2.32. The van der Waals surface area contributed by atoms with Gasteiger partial charge in [-0.15, -0.1) is 0 Å². The third kappa shape index (κ3) is 2.67. The van der Waals surface area contributed by atoms with Crippen LogP contribution in [0.5, 0.6) is 0 Å². The Kier molecular flexibility index (Phi) is 3.59. The van der Waals surface area contributed by atoms with Crippen LogP contribution in [0.2, 0.25) is 0 Å². The average Bonchev–Trinajstić information content (AvgIpc) is 2.77. The summed E-state index contributed by atoms with van der Waals surface area (Å²) in [6, 6.07) is 8.99. The Hall–Kier alpha value is -2.09. The van der Waals surface area contributed by atoms with Gasteiger partial charge in [-0.3, -0.25) is 0 Å². The van der Waals surface area contributed by atoms with Crippen LogP contribution in [0.25, 0.3) is 10.8 Å². The second-order valence-corrected chi connectivity index (χ2v) is 7.41. The number of rotatable bonds is 3. The zero-order chi connectivity index (χ0) is 16.9. The standard InChI is InChI=1S/C21H24O2/c1-12(2)20(22)23-21(5,6)18-11-16-8-13(3)7-15-9-14(4)10-17(18)19(15)16/h7-10,18H,1,11H2,2-6H3. The highest BCUT2D eigenvalue weighted by Gasteiger charge is 2.39. The first-order chi connectivity index (χ1) is 10.7. The van der Waals surface area contributed by atoms with Gasteiger partial charge in [-0.1, -0.05) is 42.0 Å². The van der Waals surface area contributed by atoms with E-state index >= 15 is 0 Å². The largest absolute Gasteiger partial charge is 0.456 e. The van der Waals surface area contributed by atoms with Crippen LogP contribution >= 0.6 is 0 Å². The van der Waals surface area contributed by atoms with Gasteiger partial charge in [0.05, 0.1) is 0 Å². The number of hydrogen-bond acceptors (Lipinski definition) is 2. The summed E-state index contributed by atoms with van der Waals surface area (Å²) >= 11 is 0. The molecular weight excluding hydrogens is 284 g/mol. The topological polar surface area (TPSA) is 26.3 Å². The Morgan fingerprint density at radius 2 is 1.78 bits per heavy atom. The van der Waals surface area contributed by atoms with Crippen LogP contribution in [-0.2, 0) is 16.0 Å². The van der Waals surface area contributed by atoms with Crippen LogP contribution in [0, 0.1) is 13.8 Å². The Morgan fingerprint density at radius 3 is 2.39 bits per heavy atom. The average molecular weight is 308 g/mol. The van der Waals surface area contributed by atoms with Gasteiger partial charge in [0.25, 0.3) is 0 Å². The van der Waals surface area contributed by atoms with E-state index in [4.69, 9.17) is 4.74 Å². The zero-order valence-electron chi connectivity index (χ0n) is 14.6. The van der Waals surface area contributed by atoms with E-state index in [0.717, 1.165) is 6.42 Å². The van der Waals surface area contributed by atoms with E-state index in [2.05, 4.69) is 44.7 Å². The lowest BCUT2D eigenvalue weighted by atomic mass is 9.84. The number of carbonyl (C=O) groups excluding carboxylic acids is 1. The van der Waals surface area contributed by atoms with Crippen molar-refractivity contribution in [2.75, 3.05) is 0 Å². The molecule has 1 aliphatic carbocycles. The Balaban J connectivity index is 2.09. The third-order valence-electron chi connectivity index (χ3n) is 4.79. The van der Waals surface area contributed by atoms with E-state index in [1.165, 1.54) is 33.0 Å². The summed E-state index contributed by atoms with van der Waals surface area (Å²) in [4.78, 5) is 12.0. The molecule has 0 saturated heterocycles. The molecule has 0 radical (unpaired) electrons. The van der Waals surface area contributed by atoms with E-state index in [-0.39, 0.29) is 11.9 Å². The van der Waals surface area contributed by atoms with Crippen molar-refractivity contribution in [2.24, 2.45) is 0 Å². The molecule has 2 aromatic carbocycles. The van der Waals surface area contributed by atoms with Gasteiger partial charge in [-0.05, 0) is 62.9 Å². The molecule has 120 valence electrons. The minimum Gasteiger partial charge on any atom is -0.456 e. The predicted octanol–water partition coefficient (Wildman–Crippen LogP) is 4.99. The predicted molar refractivity (Wildman–Crippen MR) is 94.9 cm³/mol. The summed E-state index contributed by atoms with van der Waals surface area (Å²) in [7, 11) is 0. The number of benzene rings is 2. The Morgan fingerprint density at radius 1 is 1.17 bits per heavy atom.